The number of thioether (sulfide) groups is 1. The van der Waals surface area contributed by atoms with Crippen LogP contribution < -0.4 is 5.32 Å². The first-order valence-corrected chi connectivity index (χ1v) is 9.96. The Morgan fingerprint density at radius 3 is 2.65 bits per heavy atom. The van der Waals surface area contributed by atoms with E-state index in [1.165, 1.54) is 11.8 Å². The molecule has 134 valence electrons. The van der Waals surface area contributed by atoms with E-state index in [0.29, 0.717) is 22.5 Å². The Bertz CT molecular complexity index is 899. The molecule has 3 rings (SSSR count). The van der Waals surface area contributed by atoms with Gasteiger partial charge in [0.1, 0.15) is 5.82 Å². The van der Waals surface area contributed by atoms with Crippen LogP contribution in [0.25, 0.3) is 11.4 Å². The van der Waals surface area contributed by atoms with E-state index in [1.807, 2.05) is 41.8 Å². The van der Waals surface area contributed by atoms with Gasteiger partial charge in [0, 0.05) is 27.8 Å². The molecule has 0 aliphatic rings. The molecule has 0 bridgehead atoms. The lowest BCUT2D eigenvalue weighted by Crippen LogP contribution is -2.15. The molecule has 0 fully saturated rings. The third kappa shape index (κ3) is 4.63. The second-order valence-corrected chi connectivity index (χ2v) is 7.55. The normalized spacial score (nSPS) is 10.7. The lowest BCUT2D eigenvalue weighted by molar-refractivity contribution is -0.113. The van der Waals surface area contributed by atoms with Gasteiger partial charge in [0.25, 0.3) is 0 Å². The van der Waals surface area contributed by atoms with Crippen molar-refractivity contribution in [3.05, 3.63) is 52.1 Å². The Morgan fingerprint density at radius 1 is 1.23 bits per heavy atom. The van der Waals surface area contributed by atoms with Gasteiger partial charge in [0.15, 0.2) is 11.0 Å². The third-order valence-corrected chi connectivity index (χ3v) is 5.15. The van der Waals surface area contributed by atoms with Gasteiger partial charge in [-0.1, -0.05) is 23.4 Å². The second-order valence-electron chi connectivity index (χ2n) is 5.26. The van der Waals surface area contributed by atoms with Crippen molar-refractivity contribution >= 4 is 51.0 Å². The van der Waals surface area contributed by atoms with Crippen molar-refractivity contribution in [2.75, 3.05) is 11.1 Å². The molecule has 0 unspecified atom stereocenters. The number of carbonyl (C=O) groups excluding carboxylic acids is 1. The first-order chi connectivity index (χ1) is 12.6. The molecule has 2 heterocycles. The third-order valence-electron chi connectivity index (χ3n) is 3.46. The molecule has 0 atom stereocenters. The fraction of sp³-hybridized carbons (Fsp3) is 0.176. The molecule has 2 aromatic heterocycles. The minimum Gasteiger partial charge on any atom is -0.310 e. The predicted molar refractivity (Wildman–Crippen MR) is 107 cm³/mol. The zero-order valence-electron chi connectivity index (χ0n) is 13.8. The molecule has 1 amide bonds. The standard InChI is InChI=1S/C17H15BrClN5OS/c1-2-24-16(11-3-6-13(19)7-4-11)22-23-17(24)26-10-15(25)21-14-8-5-12(18)9-20-14/h3-9H,2,10H2,1H3,(H,20,21,25). The largest absolute Gasteiger partial charge is 0.310 e. The molecule has 1 aromatic carbocycles. The second kappa shape index (κ2) is 8.66. The summed E-state index contributed by atoms with van der Waals surface area (Å²) in [5.41, 5.74) is 0.930. The van der Waals surface area contributed by atoms with Crippen molar-refractivity contribution in [1.29, 1.82) is 0 Å². The fourth-order valence-electron chi connectivity index (χ4n) is 2.25. The average molecular weight is 453 g/mol. The number of anilines is 1. The van der Waals surface area contributed by atoms with Crippen LogP contribution in [-0.2, 0) is 11.3 Å². The first kappa shape index (κ1) is 18.9. The number of nitrogens with zero attached hydrogens (tertiary/aromatic N) is 4. The number of hydrogen-bond donors (Lipinski definition) is 1. The van der Waals surface area contributed by atoms with Crippen molar-refractivity contribution in [2.24, 2.45) is 0 Å². The molecule has 0 aliphatic carbocycles. The van der Waals surface area contributed by atoms with Crippen molar-refractivity contribution in [3.63, 3.8) is 0 Å². The number of amides is 1. The number of pyridine rings is 1. The summed E-state index contributed by atoms with van der Waals surface area (Å²) in [6.45, 7) is 2.71. The molecule has 1 N–H and O–H groups in total. The number of benzene rings is 1. The molecule has 9 heteroatoms. The molecular weight excluding hydrogens is 438 g/mol. The Kier molecular flexibility index (Phi) is 6.29. The van der Waals surface area contributed by atoms with Crippen LogP contribution >= 0.6 is 39.3 Å². The van der Waals surface area contributed by atoms with Gasteiger partial charge < -0.3 is 9.88 Å². The van der Waals surface area contributed by atoms with Crippen molar-refractivity contribution in [3.8, 4) is 11.4 Å². The maximum Gasteiger partial charge on any atom is 0.236 e. The maximum atomic E-state index is 12.1. The van der Waals surface area contributed by atoms with Gasteiger partial charge in [-0.3, -0.25) is 4.79 Å². The lowest BCUT2D eigenvalue weighted by atomic mass is 10.2. The van der Waals surface area contributed by atoms with E-state index in [1.54, 1.807) is 12.3 Å². The van der Waals surface area contributed by atoms with E-state index in [2.05, 4.69) is 36.4 Å². The van der Waals surface area contributed by atoms with E-state index in [-0.39, 0.29) is 11.7 Å². The van der Waals surface area contributed by atoms with Crippen LogP contribution in [0.1, 0.15) is 6.92 Å². The highest BCUT2D eigenvalue weighted by Crippen LogP contribution is 2.25. The van der Waals surface area contributed by atoms with Gasteiger partial charge in [-0.2, -0.15) is 0 Å². The predicted octanol–water partition coefficient (Wildman–Crippen LogP) is 4.51. The zero-order chi connectivity index (χ0) is 18.5. The van der Waals surface area contributed by atoms with Crippen LogP contribution in [0.15, 0.2) is 52.2 Å². The average Bonchev–Trinajstić information content (AvgIpc) is 3.05. The molecule has 0 spiro atoms. The molecule has 0 saturated carbocycles. The van der Waals surface area contributed by atoms with Crippen LogP contribution in [0.2, 0.25) is 5.02 Å². The SMILES string of the molecule is CCn1c(SCC(=O)Nc2ccc(Br)cn2)nnc1-c1ccc(Cl)cc1. The number of nitrogens with one attached hydrogen (secondary N) is 1. The molecule has 6 nitrogen and oxygen atoms in total. The summed E-state index contributed by atoms with van der Waals surface area (Å²) in [5, 5.41) is 12.6. The van der Waals surface area contributed by atoms with Crippen LogP contribution in [-0.4, -0.2) is 31.4 Å². The molecule has 0 aliphatic heterocycles. The fourth-order valence-corrected chi connectivity index (χ4v) is 3.41. The molecule has 3 aromatic rings. The summed E-state index contributed by atoms with van der Waals surface area (Å²) in [6.07, 6.45) is 1.63. The van der Waals surface area contributed by atoms with Gasteiger partial charge in [-0.25, -0.2) is 4.98 Å². The minimum atomic E-state index is -0.150. The van der Waals surface area contributed by atoms with E-state index in [0.717, 1.165) is 15.9 Å². The molecule has 26 heavy (non-hydrogen) atoms. The highest BCUT2D eigenvalue weighted by Gasteiger charge is 2.14. The van der Waals surface area contributed by atoms with Gasteiger partial charge in [-0.05, 0) is 59.3 Å². The van der Waals surface area contributed by atoms with Crippen molar-refractivity contribution in [2.45, 2.75) is 18.6 Å². The Morgan fingerprint density at radius 2 is 2.00 bits per heavy atom. The minimum absolute atomic E-state index is 0.150. The smallest absolute Gasteiger partial charge is 0.236 e. The summed E-state index contributed by atoms with van der Waals surface area (Å²) < 4.78 is 2.83. The Balaban J connectivity index is 1.67. The van der Waals surface area contributed by atoms with Crippen LogP contribution in [0.3, 0.4) is 0 Å². The number of rotatable bonds is 6. The van der Waals surface area contributed by atoms with E-state index in [4.69, 9.17) is 11.6 Å². The first-order valence-electron chi connectivity index (χ1n) is 7.80. The van der Waals surface area contributed by atoms with E-state index < -0.39 is 0 Å². The number of hydrogen-bond acceptors (Lipinski definition) is 5. The van der Waals surface area contributed by atoms with Gasteiger partial charge >= 0.3 is 0 Å². The zero-order valence-corrected chi connectivity index (χ0v) is 17.0. The summed E-state index contributed by atoms with van der Waals surface area (Å²) in [7, 11) is 0. The Hall–Kier alpha value is -1.90. The number of aromatic nitrogens is 4. The molecule has 0 saturated heterocycles. The van der Waals surface area contributed by atoms with Crippen molar-refractivity contribution < 1.29 is 4.79 Å². The van der Waals surface area contributed by atoms with Crippen molar-refractivity contribution in [1.82, 2.24) is 19.7 Å². The van der Waals surface area contributed by atoms with Gasteiger partial charge in [-0.15, -0.1) is 10.2 Å². The maximum absolute atomic E-state index is 12.1. The summed E-state index contributed by atoms with van der Waals surface area (Å²) in [4.78, 5) is 16.3. The molecule has 0 radical (unpaired) electrons. The monoisotopic (exact) mass is 451 g/mol. The quantitative estimate of drug-likeness (QED) is 0.557. The number of carbonyl (C=O) groups is 1. The lowest BCUT2D eigenvalue weighted by Gasteiger charge is -2.08. The summed E-state index contributed by atoms with van der Waals surface area (Å²) in [6, 6.07) is 11.0. The van der Waals surface area contributed by atoms with E-state index >= 15 is 0 Å². The van der Waals surface area contributed by atoms with Crippen LogP contribution in [0.4, 0.5) is 5.82 Å². The van der Waals surface area contributed by atoms with Crippen LogP contribution in [0, 0.1) is 0 Å². The molecular formula is C17H15BrClN5OS. The van der Waals surface area contributed by atoms with Crippen LogP contribution in [0.5, 0.6) is 0 Å². The Labute approximate surface area is 168 Å². The van der Waals surface area contributed by atoms with E-state index in [9.17, 15) is 4.79 Å². The highest BCUT2D eigenvalue weighted by atomic mass is 79.9. The summed E-state index contributed by atoms with van der Waals surface area (Å²) >= 11 is 10.6. The van der Waals surface area contributed by atoms with Gasteiger partial charge in [0.05, 0.1) is 5.75 Å². The van der Waals surface area contributed by atoms with Gasteiger partial charge in [0.2, 0.25) is 5.91 Å². The summed E-state index contributed by atoms with van der Waals surface area (Å²) in [5.74, 6) is 1.33. The number of halogens is 2. The topological polar surface area (TPSA) is 72.7 Å². The highest BCUT2D eigenvalue weighted by molar-refractivity contribution is 9.10.